The molecule has 5 aromatic rings. The summed E-state index contributed by atoms with van der Waals surface area (Å²) in [6.45, 7) is 2.39. The molecule has 1 aliphatic carbocycles. The molecule has 1 unspecified atom stereocenters. The molecular weight excluding hydrogens is 498 g/mol. The summed E-state index contributed by atoms with van der Waals surface area (Å²) in [4.78, 5) is 22.9. The highest BCUT2D eigenvalue weighted by molar-refractivity contribution is 7.90. The number of hydrogen-bond acceptors (Lipinski definition) is 9. The molecule has 1 aliphatic heterocycles. The zero-order valence-electron chi connectivity index (χ0n) is 19.6. The maximum absolute atomic E-state index is 13.6. The second-order valence-electron chi connectivity index (χ2n) is 9.27. The van der Waals surface area contributed by atoms with E-state index >= 15 is 0 Å². The van der Waals surface area contributed by atoms with Crippen LogP contribution in [-0.2, 0) is 16.4 Å². The Hall–Kier alpha value is -4.33. The average Bonchev–Trinajstić information content (AvgIpc) is 3.33. The minimum atomic E-state index is -3.53. The van der Waals surface area contributed by atoms with Crippen molar-refractivity contribution in [3.8, 4) is 11.5 Å². The first-order chi connectivity index (χ1) is 17.9. The fourth-order valence-corrected chi connectivity index (χ4v) is 6.20. The predicted molar refractivity (Wildman–Crippen MR) is 128 cm³/mol. The Balaban J connectivity index is 1.23. The predicted octanol–water partition coefficient (Wildman–Crippen LogP) is 1.74. The molecule has 1 saturated carbocycles. The monoisotopic (exact) mass is 519 g/mol. The number of imidazole rings is 1. The van der Waals surface area contributed by atoms with E-state index in [0.717, 1.165) is 20.9 Å². The van der Waals surface area contributed by atoms with Gasteiger partial charge in [0.2, 0.25) is 0 Å². The molecule has 1 atom stereocenters. The van der Waals surface area contributed by atoms with Crippen molar-refractivity contribution in [2.24, 2.45) is 0 Å². The average molecular weight is 520 g/mol. The van der Waals surface area contributed by atoms with Crippen molar-refractivity contribution in [1.82, 2.24) is 43.9 Å². The second kappa shape index (κ2) is 7.83. The Morgan fingerprint density at radius 1 is 1.24 bits per heavy atom. The van der Waals surface area contributed by atoms with Crippen LogP contribution in [0.1, 0.15) is 52.2 Å². The summed E-state index contributed by atoms with van der Waals surface area (Å²) >= 11 is 0. The number of amides is 1. The molecular formula is C23H21N9O4S. The number of H-pyrrole nitrogens is 1. The van der Waals surface area contributed by atoms with Gasteiger partial charge in [0.05, 0.1) is 46.4 Å². The van der Waals surface area contributed by atoms with Crippen LogP contribution < -0.4 is 0 Å². The molecule has 0 bridgehead atoms. The molecule has 188 valence electrons. The van der Waals surface area contributed by atoms with Crippen LogP contribution in [0.2, 0.25) is 0 Å². The molecule has 14 heteroatoms. The van der Waals surface area contributed by atoms with E-state index in [-0.39, 0.29) is 11.8 Å². The number of pyridine rings is 1. The van der Waals surface area contributed by atoms with Crippen LogP contribution in [0.3, 0.4) is 0 Å². The molecule has 0 saturated heterocycles. The number of hydrogen-bond donors (Lipinski definition) is 1. The van der Waals surface area contributed by atoms with Crippen molar-refractivity contribution in [2.45, 2.75) is 37.5 Å². The normalized spacial score (nSPS) is 17.9. The van der Waals surface area contributed by atoms with Crippen molar-refractivity contribution in [2.75, 3.05) is 6.54 Å². The first kappa shape index (κ1) is 21.9. The van der Waals surface area contributed by atoms with Gasteiger partial charge in [-0.25, -0.2) is 17.9 Å². The molecule has 2 aliphatic rings. The van der Waals surface area contributed by atoms with Gasteiger partial charge in [0.1, 0.15) is 6.04 Å². The lowest BCUT2D eigenvalue weighted by Crippen LogP contribution is -2.41. The maximum atomic E-state index is 13.6. The smallest absolute Gasteiger partial charge is 0.312 e. The summed E-state index contributed by atoms with van der Waals surface area (Å²) in [6.07, 6.45) is 7.96. The molecule has 5 aromatic heterocycles. The van der Waals surface area contributed by atoms with E-state index in [4.69, 9.17) is 9.52 Å². The van der Waals surface area contributed by atoms with Crippen molar-refractivity contribution in [3.05, 3.63) is 71.7 Å². The minimum Gasteiger partial charge on any atom is -0.412 e. The topological polar surface area (TPSA) is 157 Å². The van der Waals surface area contributed by atoms with Crippen LogP contribution in [0.25, 0.3) is 17.0 Å². The molecule has 13 nitrogen and oxygen atoms in total. The van der Waals surface area contributed by atoms with E-state index in [1.54, 1.807) is 15.7 Å². The number of aromatic amines is 1. The molecule has 1 fully saturated rings. The van der Waals surface area contributed by atoms with E-state index in [1.807, 2.05) is 31.3 Å². The Kier molecular flexibility index (Phi) is 4.64. The fraction of sp³-hybridized carbons (Fsp3) is 0.304. The van der Waals surface area contributed by atoms with Crippen LogP contribution in [-0.4, -0.2) is 70.0 Å². The quantitative estimate of drug-likeness (QED) is 0.365. The number of aromatic nitrogens is 8. The molecule has 1 N–H and O–H groups in total. The number of aryl methyl sites for hydroxylation is 1. The highest BCUT2D eigenvalue weighted by Crippen LogP contribution is 2.35. The minimum absolute atomic E-state index is 0.0120. The molecule has 37 heavy (non-hydrogen) atoms. The maximum Gasteiger partial charge on any atom is 0.312 e. The highest BCUT2D eigenvalue weighted by Gasteiger charge is 2.39. The van der Waals surface area contributed by atoms with Crippen LogP contribution in [0, 0.1) is 6.92 Å². The van der Waals surface area contributed by atoms with Gasteiger partial charge in [-0.1, -0.05) is 6.07 Å². The van der Waals surface area contributed by atoms with Crippen molar-refractivity contribution >= 4 is 21.4 Å². The Morgan fingerprint density at radius 2 is 2.11 bits per heavy atom. The molecule has 0 spiro atoms. The number of fused-ring (bicyclic) bond motifs is 2. The first-order valence-electron chi connectivity index (χ1n) is 11.8. The Morgan fingerprint density at radius 3 is 2.92 bits per heavy atom. The molecule has 7 rings (SSSR count). The van der Waals surface area contributed by atoms with Gasteiger partial charge in [-0.3, -0.25) is 4.79 Å². The Labute approximate surface area is 210 Å². The highest BCUT2D eigenvalue weighted by atomic mass is 32.2. The van der Waals surface area contributed by atoms with Gasteiger partial charge in [0.15, 0.2) is 0 Å². The van der Waals surface area contributed by atoms with Crippen LogP contribution in [0.5, 0.6) is 0 Å². The van der Waals surface area contributed by atoms with E-state index in [0.29, 0.717) is 42.8 Å². The molecule has 0 aromatic carbocycles. The van der Waals surface area contributed by atoms with Crippen molar-refractivity contribution in [1.29, 1.82) is 0 Å². The molecule has 6 heterocycles. The SMILES string of the molecule is Cc1cccn2nc(C3c4nc[nH]c4CCN3C(=O)c3nnc(-c4cnn(S(=O)(=O)C5CC5)c4)o3)cc12. The van der Waals surface area contributed by atoms with Gasteiger partial charge in [0, 0.05) is 24.9 Å². The first-order valence-corrected chi connectivity index (χ1v) is 13.3. The van der Waals surface area contributed by atoms with Gasteiger partial charge in [-0.05, 0) is 37.5 Å². The summed E-state index contributed by atoms with van der Waals surface area (Å²) in [5.74, 6) is -0.668. The summed E-state index contributed by atoms with van der Waals surface area (Å²) in [5.41, 5.74) is 4.64. The summed E-state index contributed by atoms with van der Waals surface area (Å²) < 4.78 is 33.3. The van der Waals surface area contributed by atoms with E-state index < -0.39 is 27.2 Å². The summed E-state index contributed by atoms with van der Waals surface area (Å²) in [5, 5.41) is 16.2. The lowest BCUT2D eigenvalue weighted by molar-refractivity contribution is 0.0646. The van der Waals surface area contributed by atoms with Crippen molar-refractivity contribution in [3.63, 3.8) is 0 Å². The van der Waals surface area contributed by atoms with E-state index in [9.17, 15) is 13.2 Å². The van der Waals surface area contributed by atoms with Gasteiger partial charge < -0.3 is 14.3 Å². The van der Waals surface area contributed by atoms with E-state index in [1.165, 1.54) is 12.4 Å². The van der Waals surface area contributed by atoms with Gasteiger partial charge in [-0.15, -0.1) is 10.2 Å². The summed E-state index contributed by atoms with van der Waals surface area (Å²) in [6, 6.07) is 5.32. The fourth-order valence-electron chi connectivity index (χ4n) is 4.73. The molecule has 1 amide bonds. The number of nitrogens with zero attached hydrogens (tertiary/aromatic N) is 8. The number of nitrogens with one attached hydrogen (secondary N) is 1. The molecule has 0 radical (unpaired) electrons. The number of carbonyl (C=O) groups excluding carboxylic acids is 1. The van der Waals surface area contributed by atoms with Gasteiger partial charge >= 0.3 is 11.8 Å². The van der Waals surface area contributed by atoms with Crippen LogP contribution in [0.15, 0.2) is 47.5 Å². The van der Waals surface area contributed by atoms with Crippen molar-refractivity contribution < 1.29 is 17.6 Å². The van der Waals surface area contributed by atoms with Crippen LogP contribution >= 0.6 is 0 Å². The largest absolute Gasteiger partial charge is 0.412 e. The third-order valence-electron chi connectivity index (χ3n) is 6.82. The second-order valence-corrected chi connectivity index (χ2v) is 11.3. The van der Waals surface area contributed by atoms with Gasteiger partial charge in [-0.2, -0.15) is 14.3 Å². The Bertz CT molecular complexity index is 1780. The van der Waals surface area contributed by atoms with E-state index in [2.05, 4.69) is 25.3 Å². The zero-order chi connectivity index (χ0) is 25.3. The lowest BCUT2D eigenvalue weighted by atomic mass is 9.99. The lowest BCUT2D eigenvalue weighted by Gasteiger charge is -2.32. The third kappa shape index (κ3) is 3.47. The number of rotatable bonds is 5. The zero-order valence-corrected chi connectivity index (χ0v) is 20.5. The summed E-state index contributed by atoms with van der Waals surface area (Å²) in [7, 11) is -3.53. The third-order valence-corrected chi connectivity index (χ3v) is 8.85. The standard InChI is InChI=1S/C23H21N9O4S/c1-13-3-2-7-31-18(13)9-17(29-31)20-19-16(24-12-25-19)6-8-30(20)23(33)22-28-27-21(36-22)14-10-26-32(11-14)37(34,35)15-4-5-15/h2-3,7,9-12,15,20H,4-6,8H2,1H3,(H,24,25). The van der Waals surface area contributed by atoms with Crippen LogP contribution in [0.4, 0.5) is 0 Å². The van der Waals surface area contributed by atoms with Gasteiger partial charge in [0.25, 0.3) is 15.9 Å². The number of carbonyl (C=O) groups is 1.